The summed E-state index contributed by atoms with van der Waals surface area (Å²) in [5.74, 6) is -0.849. The molecule has 0 bridgehead atoms. The van der Waals surface area contributed by atoms with Gasteiger partial charge in [0.05, 0.1) is 12.2 Å². The normalized spacial score (nSPS) is 25.4. The standard InChI is InChI=1S/C14H19NO4/c1-18-11-8-15(9-12(11)19-2)13(14(16)17)10-6-4-3-5-7-10/h3-7,11-13H,8-9H2,1-2H3,(H,16,17). The Kier molecular flexibility index (Phi) is 4.52. The average molecular weight is 265 g/mol. The molecule has 104 valence electrons. The second kappa shape index (κ2) is 6.14. The van der Waals surface area contributed by atoms with Crippen molar-refractivity contribution in [2.75, 3.05) is 27.3 Å². The van der Waals surface area contributed by atoms with E-state index in [2.05, 4.69) is 0 Å². The fraction of sp³-hybridized carbons (Fsp3) is 0.500. The summed E-state index contributed by atoms with van der Waals surface area (Å²) in [7, 11) is 3.25. The number of likely N-dealkylation sites (tertiary alicyclic amines) is 1. The van der Waals surface area contributed by atoms with Crippen LogP contribution in [0.5, 0.6) is 0 Å². The van der Waals surface area contributed by atoms with Crippen LogP contribution in [-0.2, 0) is 14.3 Å². The Morgan fingerprint density at radius 3 is 2.16 bits per heavy atom. The van der Waals surface area contributed by atoms with Gasteiger partial charge in [0.1, 0.15) is 6.04 Å². The summed E-state index contributed by atoms with van der Waals surface area (Å²) in [6, 6.07) is 8.59. The van der Waals surface area contributed by atoms with E-state index in [1.165, 1.54) is 0 Å². The number of hydrogen-bond donors (Lipinski definition) is 1. The van der Waals surface area contributed by atoms with Crippen molar-refractivity contribution < 1.29 is 19.4 Å². The number of ether oxygens (including phenoxy) is 2. The molecule has 5 heteroatoms. The Morgan fingerprint density at radius 2 is 1.74 bits per heavy atom. The van der Waals surface area contributed by atoms with Crippen LogP contribution in [0, 0.1) is 0 Å². The van der Waals surface area contributed by atoms with E-state index in [4.69, 9.17) is 9.47 Å². The monoisotopic (exact) mass is 265 g/mol. The average Bonchev–Trinajstić information content (AvgIpc) is 2.82. The zero-order valence-electron chi connectivity index (χ0n) is 11.2. The summed E-state index contributed by atoms with van der Waals surface area (Å²) in [5.41, 5.74) is 0.779. The summed E-state index contributed by atoms with van der Waals surface area (Å²) in [4.78, 5) is 13.4. The summed E-state index contributed by atoms with van der Waals surface area (Å²) < 4.78 is 10.7. The minimum absolute atomic E-state index is 0.0874. The largest absolute Gasteiger partial charge is 0.480 e. The SMILES string of the molecule is COC1CN(C(C(=O)O)c2ccccc2)CC1OC. The third-order valence-electron chi connectivity index (χ3n) is 3.56. The van der Waals surface area contributed by atoms with Crippen molar-refractivity contribution in [2.24, 2.45) is 0 Å². The molecule has 1 aromatic rings. The maximum Gasteiger partial charge on any atom is 0.325 e. The zero-order chi connectivity index (χ0) is 13.8. The molecule has 0 radical (unpaired) electrons. The highest BCUT2D eigenvalue weighted by atomic mass is 16.5. The molecule has 1 aliphatic rings. The molecule has 19 heavy (non-hydrogen) atoms. The van der Waals surface area contributed by atoms with Crippen LogP contribution in [0.15, 0.2) is 30.3 Å². The van der Waals surface area contributed by atoms with Gasteiger partial charge in [-0.25, -0.2) is 0 Å². The van der Waals surface area contributed by atoms with Gasteiger partial charge >= 0.3 is 5.97 Å². The van der Waals surface area contributed by atoms with E-state index >= 15 is 0 Å². The number of carbonyl (C=O) groups is 1. The van der Waals surface area contributed by atoms with E-state index in [0.29, 0.717) is 13.1 Å². The molecule has 0 aliphatic carbocycles. The molecule has 3 atom stereocenters. The summed E-state index contributed by atoms with van der Waals surface area (Å²) in [6.07, 6.45) is -0.175. The van der Waals surface area contributed by atoms with Gasteiger partial charge in [-0.1, -0.05) is 30.3 Å². The molecule has 5 nitrogen and oxygen atoms in total. The van der Waals surface area contributed by atoms with Gasteiger partial charge in [-0.15, -0.1) is 0 Å². The third kappa shape index (κ3) is 2.94. The van der Waals surface area contributed by atoms with E-state index in [9.17, 15) is 9.90 Å². The van der Waals surface area contributed by atoms with Crippen molar-refractivity contribution in [3.05, 3.63) is 35.9 Å². The number of hydrogen-bond acceptors (Lipinski definition) is 4. The molecular formula is C14H19NO4. The molecule has 0 amide bonds. The number of nitrogens with zero attached hydrogens (tertiary/aromatic N) is 1. The quantitative estimate of drug-likeness (QED) is 0.865. The molecule has 1 fully saturated rings. The van der Waals surface area contributed by atoms with Gasteiger partial charge < -0.3 is 14.6 Å². The molecule has 1 aliphatic heterocycles. The van der Waals surface area contributed by atoms with Crippen LogP contribution in [0.25, 0.3) is 0 Å². The Hall–Kier alpha value is -1.43. The smallest absolute Gasteiger partial charge is 0.325 e. The molecule has 3 unspecified atom stereocenters. The van der Waals surface area contributed by atoms with Crippen molar-refractivity contribution in [1.82, 2.24) is 4.90 Å². The van der Waals surface area contributed by atoms with Crippen molar-refractivity contribution in [3.8, 4) is 0 Å². The fourth-order valence-corrected chi connectivity index (χ4v) is 2.58. The van der Waals surface area contributed by atoms with Gasteiger partial charge in [0.15, 0.2) is 0 Å². The lowest BCUT2D eigenvalue weighted by Gasteiger charge is -2.24. The maximum atomic E-state index is 11.6. The Balaban J connectivity index is 2.20. The molecule has 0 saturated carbocycles. The minimum Gasteiger partial charge on any atom is -0.480 e. The van der Waals surface area contributed by atoms with Gasteiger partial charge in [-0.05, 0) is 5.56 Å². The molecule has 1 N–H and O–H groups in total. The molecule has 0 spiro atoms. The van der Waals surface area contributed by atoms with Gasteiger partial charge in [-0.3, -0.25) is 9.69 Å². The van der Waals surface area contributed by atoms with Crippen LogP contribution in [-0.4, -0.2) is 55.5 Å². The van der Waals surface area contributed by atoms with Gasteiger partial charge in [0.25, 0.3) is 0 Å². The van der Waals surface area contributed by atoms with E-state index in [-0.39, 0.29) is 12.2 Å². The van der Waals surface area contributed by atoms with Crippen LogP contribution in [0.1, 0.15) is 11.6 Å². The number of benzene rings is 1. The highest BCUT2D eigenvalue weighted by Crippen LogP contribution is 2.27. The Bertz CT molecular complexity index is 411. The van der Waals surface area contributed by atoms with Crippen LogP contribution in [0.2, 0.25) is 0 Å². The lowest BCUT2D eigenvalue weighted by molar-refractivity contribution is -0.143. The summed E-state index contributed by atoms with van der Waals surface area (Å²) in [5, 5.41) is 9.48. The second-order valence-corrected chi connectivity index (χ2v) is 4.65. The first-order valence-corrected chi connectivity index (χ1v) is 6.24. The first kappa shape index (κ1) is 14.0. The predicted octanol–water partition coefficient (Wildman–Crippen LogP) is 1.16. The maximum absolute atomic E-state index is 11.6. The van der Waals surface area contributed by atoms with E-state index in [1.807, 2.05) is 35.2 Å². The van der Waals surface area contributed by atoms with Crippen LogP contribution < -0.4 is 0 Å². The Morgan fingerprint density at radius 1 is 1.21 bits per heavy atom. The lowest BCUT2D eigenvalue weighted by atomic mass is 10.1. The molecule has 2 rings (SSSR count). The lowest BCUT2D eigenvalue weighted by Crippen LogP contribution is -2.33. The van der Waals surface area contributed by atoms with Crippen molar-refractivity contribution in [3.63, 3.8) is 0 Å². The number of rotatable bonds is 5. The molecular weight excluding hydrogens is 246 g/mol. The topological polar surface area (TPSA) is 59.0 Å². The molecule has 1 saturated heterocycles. The van der Waals surface area contributed by atoms with E-state index in [0.717, 1.165) is 5.56 Å². The molecule has 1 aromatic carbocycles. The minimum atomic E-state index is -0.849. The van der Waals surface area contributed by atoms with Gasteiger partial charge in [0, 0.05) is 27.3 Å². The van der Waals surface area contributed by atoms with Gasteiger partial charge in [0.2, 0.25) is 0 Å². The van der Waals surface area contributed by atoms with Crippen LogP contribution in [0.3, 0.4) is 0 Å². The predicted molar refractivity (Wildman–Crippen MR) is 70.0 cm³/mol. The third-order valence-corrected chi connectivity index (χ3v) is 3.56. The first-order valence-electron chi connectivity index (χ1n) is 6.24. The Labute approximate surface area is 112 Å². The second-order valence-electron chi connectivity index (χ2n) is 4.65. The molecule has 0 aromatic heterocycles. The van der Waals surface area contributed by atoms with E-state index < -0.39 is 12.0 Å². The van der Waals surface area contributed by atoms with Crippen LogP contribution >= 0.6 is 0 Å². The summed E-state index contributed by atoms with van der Waals surface area (Å²) in [6.45, 7) is 1.11. The number of carboxylic acids is 1. The highest BCUT2D eigenvalue weighted by Gasteiger charge is 2.39. The van der Waals surface area contributed by atoms with Gasteiger partial charge in [-0.2, -0.15) is 0 Å². The van der Waals surface area contributed by atoms with Crippen molar-refractivity contribution in [2.45, 2.75) is 18.2 Å². The first-order chi connectivity index (χ1) is 9.17. The van der Waals surface area contributed by atoms with Crippen LogP contribution in [0.4, 0.5) is 0 Å². The number of methoxy groups -OCH3 is 2. The highest BCUT2D eigenvalue weighted by molar-refractivity contribution is 5.75. The van der Waals surface area contributed by atoms with Crippen molar-refractivity contribution >= 4 is 5.97 Å². The molecule has 1 heterocycles. The van der Waals surface area contributed by atoms with Crippen molar-refractivity contribution in [1.29, 1.82) is 0 Å². The zero-order valence-corrected chi connectivity index (χ0v) is 11.2. The van der Waals surface area contributed by atoms with E-state index in [1.54, 1.807) is 14.2 Å². The number of carboxylic acid groups (broad SMARTS) is 1. The summed E-state index contributed by atoms with van der Waals surface area (Å²) >= 11 is 0. The fourth-order valence-electron chi connectivity index (χ4n) is 2.58. The number of aliphatic carboxylic acids is 1.